The SMILES string of the molecule is CCN(CC)C(=O)NCC[C@H]1CCCN1. The third-order valence-electron chi connectivity index (χ3n) is 2.98. The van der Waals surface area contributed by atoms with Gasteiger partial charge in [0.25, 0.3) is 0 Å². The molecule has 15 heavy (non-hydrogen) atoms. The van der Waals surface area contributed by atoms with Gasteiger partial charge in [-0.2, -0.15) is 0 Å². The number of hydrogen-bond donors (Lipinski definition) is 2. The van der Waals surface area contributed by atoms with Crippen LogP contribution in [0.4, 0.5) is 4.79 Å². The largest absolute Gasteiger partial charge is 0.338 e. The van der Waals surface area contributed by atoms with Crippen LogP contribution in [0.2, 0.25) is 0 Å². The molecule has 1 saturated heterocycles. The summed E-state index contributed by atoms with van der Waals surface area (Å²) in [6.45, 7) is 7.49. The second-order valence-corrected chi connectivity index (χ2v) is 3.99. The van der Waals surface area contributed by atoms with Crippen LogP contribution in [-0.4, -0.2) is 43.2 Å². The van der Waals surface area contributed by atoms with Gasteiger partial charge in [0.05, 0.1) is 0 Å². The van der Waals surface area contributed by atoms with Crippen molar-refractivity contribution in [1.29, 1.82) is 0 Å². The van der Waals surface area contributed by atoms with Gasteiger partial charge in [-0.05, 0) is 39.7 Å². The molecule has 1 rings (SSSR count). The fraction of sp³-hybridized carbons (Fsp3) is 0.909. The third-order valence-corrected chi connectivity index (χ3v) is 2.98. The van der Waals surface area contributed by atoms with E-state index in [-0.39, 0.29) is 6.03 Å². The van der Waals surface area contributed by atoms with Crippen LogP contribution >= 0.6 is 0 Å². The van der Waals surface area contributed by atoms with Gasteiger partial charge in [-0.15, -0.1) is 0 Å². The van der Waals surface area contributed by atoms with E-state index < -0.39 is 0 Å². The minimum absolute atomic E-state index is 0.0676. The molecule has 2 N–H and O–H groups in total. The summed E-state index contributed by atoms with van der Waals surface area (Å²) in [5.74, 6) is 0. The highest BCUT2D eigenvalue weighted by Crippen LogP contribution is 2.07. The molecule has 4 heteroatoms. The Morgan fingerprint density at radius 2 is 2.20 bits per heavy atom. The third kappa shape index (κ3) is 4.08. The Morgan fingerprint density at radius 3 is 2.73 bits per heavy atom. The van der Waals surface area contributed by atoms with Gasteiger partial charge in [0.15, 0.2) is 0 Å². The lowest BCUT2D eigenvalue weighted by Gasteiger charge is -2.19. The van der Waals surface area contributed by atoms with Crippen molar-refractivity contribution in [2.75, 3.05) is 26.2 Å². The van der Waals surface area contributed by atoms with Crippen molar-refractivity contribution in [1.82, 2.24) is 15.5 Å². The lowest BCUT2D eigenvalue weighted by Crippen LogP contribution is -2.41. The first-order valence-electron chi connectivity index (χ1n) is 6.04. The Bertz CT molecular complexity index is 186. The first-order valence-corrected chi connectivity index (χ1v) is 6.04. The number of nitrogens with one attached hydrogen (secondary N) is 2. The average molecular weight is 213 g/mol. The van der Waals surface area contributed by atoms with Gasteiger partial charge in [0, 0.05) is 25.7 Å². The van der Waals surface area contributed by atoms with E-state index in [1.165, 1.54) is 12.8 Å². The zero-order valence-corrected chi connectivity index (χ0v) is 9.88. The van der Waals surface area contributed by atoms with Crippen molar-refractivity contribution in [3.63, 3.8) is 0 Å². The molecule has 0 spiro atoms. The molecule has 1 aliphatic heterocycles. The molecule has 0 radical (unpaired) electrons. The Hall–Kier alpha value is -0.770. The fourth-order valence-electron chi connectivity index (χ4n) is 1.98. The van der Waals surface area contributed by atoms with Gasteiger partial charge in [0.1, 0.15) is 0 Å². The van der Waals surface area contributed by atoms with E-state index in [4.69, 9.17) is 0 Å². The van der Waals surface area contributed by atoms with Crippen LogP contribution in [0.25, 0.3) is 0 Å². The summed E-state index contributed by atoms with van der Waals surface area (Å²) in [6.07, 6.45) is 3.57. The van der Waals surface area contributed by atoms with E-state index in [9.17, 15) is 4.79 Å². The fourth-order valence-corrected chi connectivity index (χ4v) is 1.98. The van der Waals surface area contributed by atoms with Gasteiger partial charge < -0.3 is 15.5 Å². The molecule has 2 amide bonds. The molecule has 1 fully saturated rings. The summed E-state index contributed by atoms with van der Waals surface area (Å²) in [6, 6.07) is 0.681. The molecule has 0 saturated carbocycles. The molecule has 1 aliphatic rings. The number of rotatable bonds is 5. The lowest BCUT2D eigenvalue weighted by molar-refractivity contribution is 0.203. The topological polar surface area (TPSA) is 44.4 Å². The van der Waals surface area contributed by atoms with E-state index in [0.29, 0.717) is 6.04 Å². The first-order chi connectivity index (χ1) is 7.27. The van der Waals surface area contributed by atoms with E-state index in [0.717, 1.165) is 32.6 Å². The number of carbonyl (C=O) groups excluding carboxylic acids is 1. The molecular weight excluding hydrogens is 190 g/mol. The number of urea groups is 1. The number of carbonyl (C=O) groups is 1. The molecule has 1 atom stereocenters. The Kier molecular flexibility index (Phi) is 5.47. The molecule has 0 aromatic carbocycles. The maximum Gasteiger partial charge on any atom is 0.317 e. The highest BCUT2D eigenvalue weighted by atomic mass is 16.2. The number of amides is 2. The van der Waals surface area contributed by atoms with Crippen LogP contribution in [0.3, 0.4) is 0 Å². The summed E-state index contributed by atoms with van der Waals surface area (Å²) in [5, 5.41) is 6.38. The molecule has 0 aromatic heterocycles. The normalized spacial score (nSPS) is 20.3. The molecule has 88 valence electrons. The highest BCUT2D eigenvalue weighted by Gasteiger charge is 2.14. The molecule has 0 bridgehead atoms. The van der Waals surface area contributed by atoms with Crippen molar-refractivity contribution >= 4 is 6.03 Å². The zero-order valence-electron chi connectivity index (χ0n) is 9.88. The number of hydrogen-bond acceptors (Lipinski definition) is 2. The van der Waals surface area contributed by atoms with Crippen molar-refractivity contribution in [3.8, 4) is 0 Å². The first kappa shape index (κ1) is 12.3. The van der Waals surface area contributed by atoms with Crippen LogP contribution in [0.15, 0.2) is 0 Å². The van der Waals surface area contributed by atoms with Gasteiger partial charge in [0.2, 0.25) is 0 Å². The van der Waals surface area contributed by atoms with Crippen molar-refractivity contribution in [2.45, 2.75) is 39.2 Å². The molecule has 0 unspecified atom stereocenters. The second kappa shape index (κ2) is 6.67. The maximum absolute atomic E-state index is 11.6. The van der Waals surface area contributed by atoms with Crippen LogP contribution in [0, 0.1) is 0 Å². The number of nitrogens with zero attached hydrogens (tertiary/aromatic N) is 1. The average Bonchev–Trinajstić information content (AvgIpc) is 2.72. The van der Waals surface area contributed by atoms with Crippen molar-refractivity contribution < 1.29 is 4.79 Å². The molecule has 1 heterocycles. The van der Waals surface area contributed by atoms with E-state index in [2.05, 4.69) is 10.6 Å². The molecular formula is C11H23N3O. The predicted molar refractivity (Wildman–Crippen MR) is 62.0 cm³/mol. The van der Waals surface area contributed by atoms with Gasteiger partial charge in [-0.25, -0.2) is 4.79 Å². The summed E-state index contributed by atoms with van der Waals surface area (Å²) in [4.78, 5) is 13.4. The Morgan fingerprint density at radius 1 is 1.47 bits per heavy atom. The summed E-state index contributed by atoms with van der Waals surface area (Å²) >= 11 is 0. The highest BCUT2D eigenvalue weighted by molar-refractivity contribution is 5.73. The van der Waals surface area contributed by atoms with Crippen LogP contribution in [0.1, 0.15) is 33.1 Å². The van der Waals surface area contributed by atoms with Gasteiger partial charge in [-0.3, -0.25) is 0 Å². The van der Waals surface area contributed by atoms with Crippen LogP contribution in [-0.2, 0) is 0 Å². The van der Waals surface area contributed by atoms with E-state index in [1.54, 1.807) is 0 Å². The zero-order chi connectivity index (χ0) is 11.1. The predicted octanol–water partition coefficient (Wildman–Crippen LogP) is 1.18. The summed E-state index contributed by atoms with van der Waals surface area (Å²) < 4.78 is 0. The van der Waals surface area contributed by atoms with E-state index in [1.807, 2.05) is 18.7 Å². The summed E-state index contributed by atoms with van der Waals surface area (Å²) in [5.41, 5.74) is 0. The smallest absolute Gasteiger partial charge is 0.317 e. The standard InChI is InChI=1S/C11H23N3O/c1-3-14(4-2)11(15)13-9-7-10-6-5-8-12-10/h10,12H,3-9H2,1-2H3,(H,13,15)/t10-/m1/s1. The Balaban J connectivity index is 2.10. The van der Waals surface area contributed by atoms with Crippen LogP contribution in [0.5, 0.6) is 0 Å². The second-order valence-electron chi connectivity index (χ2n) is 3.99. The molecule has 0 aromatic rings. The quantitative estimate of drug-likeness (QED) is 0.720. The minimum Gasteiger partial charge on any atom is -0.338 e. The van der Waals surface area contributed by atoms with E-state index >= 15 is 0 Å². The van der Waals surface area contributed by atoms with Gasteiger partial charge in [-0.1, -0.05) is 0 Å². The monoisotopic (exact) mass is 213 g/mol. The maximum atomic E-state index is 11.6. The Labute approximate surface area is 92.4 Å². The van der Waals surface area contributed by atoms with Crippen LogP contribution < -0.4 is 10.6 Å². The molecule has 0 aliphatic carbocycles. The summed E-state index contributed by atoms with van der Waals surface area (Å²) in [7, 11) is 0. The lowest BCUT2D eigenvalue weighted by atomic mass is 10.1. The molecule has 4 nitrogen and oxygen atoms in total. The van der Waals surface area contributed by atoms with Crippen molar-refractivity contribution in [2.24, 2.45) is 0 Å². The minimum atomic E-state index is 0.0676. The van der Waals surface area contributed by atoms with Crippen molar-refractivity contribution in [3.05, 3.63) is 0 Å². The van der Waals surface area contributed by atoms with Gasteiger partial charge >= 0.3 is 6.03 Å².